The zero-order valence-corrected chi connectivity index (χ0v) is 33.3. The number of benzene rings is 2. The van der Waals surface area contributed by atoms with E-state index in [-0.39, 0.29) is 48.8 Å². The van der Waals surface area contributed by atoms with Crippen molar-refractivity contribution in [1.82, 2.24) is 39.4 Å². The molecule has 3 atom stereocenters. The van der Waals surface area contributed by atoms with E-state index < -0.39 is 119 Å². The van der Waals surface area contributed by atoms with Crippen molar-refractivity contribution in [2.75, 3.05) is 17.2 Å². The van der Waals surface area contributed by atoms with Gasteiger partial charge in [0.05, 0.1) is 33.9 Å². The summed E-state index contributed by atoms with van der Waals surface area (Å²) < 4.78 is 155. The van der Waals surface area contributed by atoms with Crippen molar-refractivity contribution in [3.8, 4) is 5.69 Å². The highest BCUT2D eigenvalue weighted by Crippen LogP contribution is 2.68. The summed E-state index contributed by atoms with van der Waals surface area (Å²) in [5, 5.41) is 9.88. The number of halogens is 8. The molecule has 1 amide bonds. The fraction of sp³-hybridized carbons (Fsp3) is 0.333. The first-order valence-electron chi connectivity index (χ1n) is 16.9. The van der Waals surface area contributed by atoms with Crippen LogP contribution < -0.4 is 15.6 Å². The van der Waals surface area contributed by atoms with Gasteiger partial charge in [-0.05, 0) is 42.2 Å². The summed E-state index contributed by atoms with van der Waals surface area (Å²) in [7, 11) is -6.69. The number of aromatic nitrogens is 7. The third-order valence-electron chi connectivity index (χ3n) is 9.70. The van der Waals surface area contributed by atoms with E-state index in [0.717, 1.165) is 33.9 Å². The van der Waals surface area contributed by atoms with E-state index in [4.69, 9.17) is 11.6 Å². The van der Waals surface area contributed by atoms with Crippen LogP contribution in [0.2, 0.25) is 5.02 Å². The number of rotatable bonds is 10. The third kappa shape index (κ3) is 7.09. The summed E-state index contributed by atoms with van der Waals surface area (Å²) in [5.74, 6) is -10.5. The number of sulfone groups is 1. The van der Waals surface area contributed by atoms with Gasteiger partial charge in [-0.15, -0.1) is 0 Å². The predicted octanol–water partition coefficient (Wildman–Crippen LogP) is 4.96. The summed E-state index contributed by atoms with van der Waals surface area (Å²) in [6.45, 7) is -1.23. The van der Waals surface area contributed by atoms with Gasteiger partial charge in [0, 0.05) is 37.3 Å². The minimum Gasteiger partial charge on any atom is -0.344 e. The first kappa shape index (κ1) is 40.6. The Balaban J connectivity index is 1.34. The standard InChI is InChI=1S/C33H25ClF7N9O6S3/c1-48-23-19(5-4-17(34)22(23)27(46-48)47-59(3,55)56)50-29(43-28-24(30(50)52)57-31(44-28)58(2,53)54)18(8-12-6-13(35)9-14(36)7-12)42-20(51)11-49-26-21(25(45-49)33(39,40)41)15-10-16(15)32(26,37)38/h4-7,9,15-16,18H,8,10-11H2,1-3H3,(H,42,51)(H,46,47)/t15?,16?,18-/m0/s1. The van der Waals surface area contributed by atoms with Crippen LogP contribution >= 0.6 is 22.9 Å². The average molecular weight is 908 g/mol. The van der Waals surface area contributed by atoms with Crippen LogP contribution in [0.3, 0.4) is 0 Å². The normalized spacial score (nSPS) is 17.9. The van der Waals surface area contributed by atoms with Gasteiger partial charge in [-0.2, -0.15) is 32.1 Å². The number of alkyl halides is 5. The minimum absolute atomic E-state index is 0.0320. The number of nitrogens with one attached hydrogen (secondary N) is 2. The first-order valence-corrected chi connectivity index (χ1v) is 21.9. The fourth-order valence-electron chi connectivity index (χ4n) is 7.42. The van der Waals surface area contributed by atoms with Crippen molar-refractivity contribution in [3.63, 3.8) is 0 Å². The van der Waals surface area contributed by atoms with E-state index >= 15 is 8.78 Å². The highest BCUT2D eigenvalue weighted by molar-refractivity contribution is 7.92. The Bertz CT molecular complexity index is 3070. The number of fused-ring (bicyclic) bond motifs is 5. The van der Waals surface area contributed by atoms with Crippen LogP contribution in [0, 0.1) is 17.6 Å². The van der Waals surface area contributed by atoms with Gasteiger partial charge in [0.1, 0.15) is 34.4 Å². The highest BCUT2D eigenvalue weighted by Gasteiger charge is 2.68. The van der Waals surface area contributed by atoms with Crippen molar-refractivity contribution in [1.29, 1.82) is 0 Å². The van der Waals surface area contributed by atoms with Gasteiger partial charge in [0.2, 0.25) is 30.1 Å². The summed E-state index contributed by atoms with van der Waals surface area (Å²) in [6, 6.07) is 3.06. The fourth-order valence-corrected chi connectivity index (χ4v) is 9.94. The Hall–Kier alpha value is -5.14. The summed E-state index contributed by atoms with van der Waals surface area (Å²) >= 11 is 6.95. The monoisotopic (exact) mass is 907 g/mol. The molecule has 0 bridgehead atoms. The topological polar surface area (TPSA) is 193 Å². The van der Waals surface area contributed by atoms with Gasteiger partial charge in [0.25, 0.3) is 11.5 Å². The summed E-state index contributed by atoms with van der Waals surface area (Å²) in [5.41, 5.74) is -5.23. The molecule has 2 unspecified atom stereocenters. The molecule has 0 aliphatic heterocycles. The molecule has 4 heterocycles. The predicted molar refractivity (Wildman–Crippen MR) is 197 cm³/mol. The van der Waals surface area contributed by atoms with Crippen LogP contribution in [-0.4, -0.2) is 69.4 Å². The molecule has 1 saturated carbocycles. The number of nitrogens with zero attached hydrogens (tertiary/aromatic N) is 7. The van der Waals surface area contributed by atoms with Crippen LogP contribution in [0.15, 0.2) is 39.5 Å². The van der Waals surface area contributed by atoms with E-state index in [1.807, 2.05) is 0 Å². The maximum Gasteiger partial charge on any atom is 0.435 e. The van der Waals surface area contributed by atoms with Gasteiger partial charge in [-0.25, -0.2) is 35.6 Å². The number of aryl methyl sites for hydroxylation is 1. The van der Waals surface area contributed by atoms with Crippen molar-refractivity contribution >= 4 is 75.8 Å². The molecular formula is C33H25ClF7N9O6S3. The smallest absolute Gasteiger partial charge is 0.344 e. The largest absolute Gasteiger partial charge is 0.435 e. The molecule has 1 fully saturated rings. The van der Waals surface area contributed by atoms with Crippen LogP contribution in [0.4, 0.5) is 36.6 Å². The summed E-state index contributed by atoms with van der Waals surface area (Å²) in [6.07, 6.45) is -4.34. The lowest BCUT2D eigenvalue weighted by atomic mass is 10.0. The first-order chi connectivity index (χ1) is 27.3. The molecule has 2 aromatic carbocycles. The van der Waals surface area contributed by atoms with Gasteiger partial charge in [-0.1, -0.05) is 22.9 Å². The number of carbonyl (C=O) groups is 1. The molecule has 6 aromatic rings. The zero-order chi connectivity index (χ0) is 42.9. The molecule has 26 heteroatoms. The number of hydrogen-bond donors (Lipinski definition) is 2. The van der Waals surface area contributed by atoms with E-state index in [9.17, 15) is 48.4 Å². The number of anilines is 1. The van der Waals surface area contributed by atoms with E-state index in [1.54, 1.807) is 0 Å². The molecule has 4 aromatic heterocycles. The number of hydrogen-bond acceptors (Lipinski definition) is 11. The van der Waals surface area contributed by atoms with Crippen molar-refractivity contribution in [2.45, 2.75) is 47.8 Å². The van der Waals surface area contributed by atoms with Crippen molar-refractivity contribution in [2.24, 2.45) is 13.0 Å². The van der Waals surface area contributed by atoms with Crippen LogP contribution in [0.25, 0.3) is 26.9 Å². The van der Waals surface area contributed by atoms with Crippen LogP contribution in [0.1, 0.15) is 46.7 Å². The lowest BCUT2D eigenvalue weighted by molar-refractivity contribution is -0.142. The second-order valence-electron chi connectivity index (χ2n) is 14.1. The Morgan fingerprint density at radius 3 is 2.37 bits per heavy atom. The molecule has 0 saturated heterocycles. The highest BCUT2D eigenvalue weighted by atomic mass is 35.5. The quantitative estimate of drug-likeness (QED) is 0.178. The van der Waals surface area contributed by atoms with E-state index in [2.05, 4.69) is 30.2 Å². The Morgan fingerprint density at radius 2 is 1.75 bits per heavy atom. The molecule has 8 rings (SSSR count). The molecule has 0 spiro atoms. The molecule has 312 valence electrons. The molecule has 15 nitrogen and oxygen atoms in total. The maximum absolute atomic E-state index is 15.4. The van der Waals surface area contributed by atoms with Crippen LogP contribution in [0.5, 0.6) is 0 Å². The molecule has 2 aliphatic carbocycles. The second kappa shape index (κ2) is 13.4. The third-order valence-corrected chi connectivity index (χ3v) is 13.3. The number of amides is 1. The lowest BCUT2D eigenvalue weighted by Gasteiger charge is -2.23. The second-order valence-corrected chi connectivity index (χ2v) is 19.4. The van der Waals surface area contributed by atoms with E-state index in [0.29, 0.717) is 17.4 Å². The van der Waals surface area contributed by atoms with Gasteiger partial charge < -0.3 is 5.32 Å². The van der Waals surface area contributed by atoms with Crippen LogP contribution in [-0.2, 0) is 56.8 Å². The Kier molecular flexibility index (Phi) is 9.25. The molecule has 2 N–H and O–H groups in total. The number of carbonyl (C=O) groups excluding carboxylic acids is 1. The SMILES string of the molecule is Cn1nc(NS(C)(=O)=O)c2c(Cl)ccc(-n3c([C@H](Cc4cc(F)cc(F)c4)NC(=O)Cn4nc(C(F)(F)F)c5c4C(F)(F)C4CC54)nc4nc(S(C)(=O)=O)sc4c3=O)c21. The zero-order valence-electron chi connectivity index (χ0n) is 30.1. The van der Waals surface area contributed by atoms with Gasteiger partial charge in [0.15, 0.2) is 17.2 Å². The Labute approximate surface area is 335 Å². The van der Waals surface area contributed by atoms with Crippen molar-refractivity contribution in [3.05, 3.63) is 85.7 Å². The Morgan fingerprint density at radius 1 is 1.07 bits per heavy atom. The minimum atomic E-state index is -5.15. The number of sulfonamides is 1. The van der Waals surface area contributed by atoms with Gasteiger partial charge >= 0.3 is 6.18 Å². The molecule has 59 heavy (non-hydrogen) atoms. The summed E-state index contributed by atoms with van der Waals surface area (Å²) in [4.78, 5) is 37.0. The number of thiazole rings is 1. The lowest BCUT2D eigenvalue weighted by Crippen LogP contribution is -2.38. The average Bonchev–Trinajstić information content (AvgIpc) is 3.33. The molecular weight excluding hydrogens is 883 g/mol. The molecule has 0 radical (unpaired) electrons. The van der Waals surface area contributed by atoms with Gasteiger partial charge in [-0.3, -0.25) is 28.2 Å². The maximum atomic E-state index is 15.4. The van der Waals surface area contributed by atoms with Crippen molar-refractivity contribution < 1.29 is 52.4 Å². The molecule has 2 aliphatic rings. The van der Waals surface area contributed by atoms with E-state index in [1.165, 1.54) is 19.2 Å².